The highest BCUT2D eigenvalue weighted by Gasteiger charge is 2.19. The standard InChI is InChI=1S/C10H19NO4/c1-4-7(5-2)9(12)11-6-8(15-3)10(13)14/h7-8H,4-6H2,1-3H3,(H,11,12)(H,13,14). The molecule has 0 bridgehead atoms. The van der Waals surface area contributed by atoms with Gasteiger partial charge in [-0.05, 0) is 12.8 Å². The summed E-state index contributed by atoms with van der Waals surface area (Å²) in [7, 11) is 1.31. The molecule has 88 valence electrons. The Labute approximate surface area is 89.8 Å². The van der Waals surface area contributed by atoms with E-state index in [0.717, 1.165) is 12.8 Å². The normalized spacial score (nSPS) is 12.5. The zero-order valence-corrected chi connectivity index (χ0v) is 9.45. The van der Waals surface area contributed by atoms with Crippen molar-refractivity contribution in [2.75, 3.05) is 13.7 Å². The molecule has 1 unspecified atom stereocenters. The van der Waals surface area contributed by atoms with Gasteiger partial charge in [0.25, 0.3) is 0 Å². The number of rotatable bonds is 7. The molecule has 0 fully saturated rings. The Morgan fingerprint density at radius 3 is 2.20 bits per heavy atom. The lowest BCUT2D eigenvalue weighted by Crippen LogP contribution is -2.40. The number of aliphatic carboxylic acids is 1. The topological polar surface area (TPSA) is 75.6 Å². The van der Waals surface area contributed by atoms with Crippen LogP contribution in [0.25, 0.3) is 0 Å². The molecule has 1 amide bonds. The fourth-order valence-corrected chi connectivity index (χ4v) is 1.27. The van der Waals surface area contributed by atoms with Crippen molar-refractivity contribution in [3.63, 3.8) is 0 Å². The van der Waals surface area contributed by atoms with Crippen LogP contribution in [0.1, 0.15) is 26.7 Å². The number of carboxylic acid groups (broad SMARTS) is 1. The largest absolute Gasteiger partial charge is 0.479 e. The van der Waals surface area contributed by atoms with Gasteiger partial charge < -0.3 is 15.2 Å². The lowest BCUT2D eigenvalue weighted by molar-refractivity contribution is -0.148. The first-order valence-electron chi connectivity index (χ1n) is 5.10. The molecule has 15 heavy (non-hydrogen) atoms. The van der Waals surface area contributed by atoms with Gasteiger partial charge in [0.15, 0.2) is 6.10 Å². The summed E-state index contributed by atoms with van der Waals surface area (Å²) in [6.45, 7) is 3.87. The number of carbonyl (C=O) groups is 2. The third-order valence-electron chi connectivity index (χ3n) is 2.38. The highest BCUT2D eigenvalue weighted by Crippen LogP contribution is 2.06. The lowest BCUT2D eigenvalue weighted by atomic mass is 10.0. The van der Waals surface area contributed by atoms with Gasteiger partial charge in [0.05, 0.1) is 6.54 Å². The zero-order chi connectivity index (χ0) is 11.8. The van der Waals surface area contributed by atoms with E-state index in [0.29, 0.717) is 0 Å². The van der Waals surface area contributed by atoms with Crippen LogP contribution in [0.2, 0.25) is 0 Å². The highest BCUT2D eigenvalue weighted by atomic mass is 16.5. The first-order valence-corrected chi connectivity index (χ1v) is 5.10. The zero-order valence-electron chi connectivity index (χ0n) is 9.45. The Bertz CT molecular complexity index is 213. The molecule has 5 heteroatoms. The maximum Gasteiger partial charge on any atom is 0.334 e. The second-order valence-corrected chi connectivity index (χ2v) is 3.32. The fourth-order valence-electron chi connectivity index (χ4n) is 1.27. The summed E-state index contributed by atoms with van der Waals surface area (Å²) in [5.74, 6) is -1.22. The molecule has 0 heterocycles. The van der Waals surface area contributed by atoms with Gasteiger partial charge >= 0.3 is 5.97 Å². The average molecular weight is 217 g/mol. The van der Waals surface area contributed by atoms with Crippen LogP contribution in [-0.2, 0) is 14.3 Å². The van der Waals surface area contributed by atoms with Crippen LogP contribution >= 0.6 is 0 Å². The molecule has 0 aliphatic carbocycles. The molecule has 0 saturated heterocycles. The summed E-state index contributed by atoms with van der Waals surface area (Å²) in [4.78, 5) is 22.1. The van der Waals surface area contributed by atoms with Crippen molar-refractivity contribution in [3.8, 4) is 0 Å². The number of carbonyl (C=O) groups excluding carboxylic acids is 1. The SMILES string of the molecule is CCC(CC)C(=O)NCC(OC)C(=O)O. The van der Waals surface area contributed by atoms with Gasteiger partial charge in [-0.3, -0.25) is 4.79 Å². The number of ether oxygens (including phenoxy) is 1. The minimum absolute atomic E-state index is 0.0150. The van der Waals surface area contributed by atoms with Gasteiger partial charge in [-0.25, -0.2) is 4.79 Å². The summed E-state index contributed by atoms with van der Waals surface area (Å²) >= 11 is 0. The number of hydrogen-bond acceptors (Lipinski definition) is 3. The minimum atomic E-state index is -1.07. The number of methoxy groups -OCH3 is 1. The quantitative estimate of drug-likeness (QED) is 0.656. The molecule has 1 atom stereocenters. The summed E-state index contributed by atoms with van der Waals surface area (Å²) in [6, 6.07) is 0. The number of amides is 1. The smallest absolute Gasteiger partial charge is 0.334 e. The Hall–Kier alpha value is -1.10. The van der Waals surface area contributed by atoms with Crippen molar-refractivity contribution in [2.24, 2.45) is 5.92 Å². The van der Waals surface area contributed by atoms with Crippen LogP contribution < -0.4 is 5.32 Å². The molecule has 5 nitrogen and oxygen atoms in total. The first-order chi connectivity index (χ1) is 7.06. The van der Waals surface area contributed by atoms with E-state index in [-0.39, 0.29) is 18.4 Å². The summed E-state index contributed by atoms with van der Waals surface area (Å²) in [5, 5.41) is 11.2. The second kappa shape index (κ2) is 7.23. The van der Waals surface area contributed by atoms with E-state index in [4.69, 9.17) is 9.84 Å². The molecule has 0 aromatic rings. The fraction of sp³-hybridized carbons (Fsp3) is 0.800. The van der Waals surface area contributed by atoms with Crippen molar-refractivity contribution in [1.82, 2.24) is 5.32 Å². The van der Waals surface area contributed by atoms with E-state index < -0.39 is 12.1 Å². The van der Waals surface area contributed by atoms with E-state index in [9.17, 15) is 9.59 Å². The molecule has 0 saturated carbocycles. The summed E-state index contributed by atoms with van der Waals surface area (Å²) < 4.78 is 4.69. The monoisotopic (exact) mass is 217 g/mol. The van der Waals surface area contributed by atoms with Crippen molar-refractivity contribution in [3.05, 3.63) is 0 Å². The van der Waals surface area contributed by atoms with Crippen molar-refractivity contribution < 1.29 is 19.4 Å². The van der Waals surface area contributed by atoms with Crippen LogP contribution in [0.5, 0.6) is 0 Å². The van der Waals surface area contributed by atoms with E-state index in [1.165, 1.54) is 7.11 Å². The average Bonchev–Trinajstić information content (AvgIpc) is 2.20. The molecule has 0 aliphatic heterocycles. The molecule has 0 aromatic heterocycles. The molecule has 0 spiro atoms. The van der Waals surface area contributed by atoms with Crippen LogP contribution in [0, 0.1) is 5.92 Å². The molecular formula is C10H19NO4. The van der Waals surface area contributed by atoms with Gasteiger partial charge in [-0.2, -0.15) is 0 Å². The molecule has 0 aromatic carbocycles. The first kappa shape index (κ1) is 13.9. The number of carboxylic acids is 1. The predicted octanol–water partition coefficient (Wildman–Crippen LogP) is 0.638. The lowest BCUT2D eigenvalue weighted by Gasteiger charge is -2.15. The maximum absolute atomic E-state index is 11.5. The Balaban J connectivity index is 4.02. The van der Waals surface area contributed by atoms with Crippen molar-refractivity contribution in [2.45, 2.75) is 32.8 Å². The minimum Gasteiger partial charge on any atom is -0.479 e. The van der Waals surface area contributed by atoms with Crippen LogP contribution in [-0.4, -0.2) is 36.7 Å². The summed E-state index contributed by atoms with van der Waals surface area (Å²) in [6.07, 6.45) is 0.545. The highest BCUT2D eigenvalue weighted by molar-refractivity contribution is 5.80. The van der Waals surface area contributed by atoms with Gasteiger partial charge in [0.1, 0.15) is 0 Å². The van der Waals surface area contributed by atoms with E-state index in [1.54, 1.807) is 0 Å². The molecule has 2 N–H and O–H groups in total. The van der Waals surface area contributed by atoms with Crippen LogP contribution in [0.15, 0.2) is 0 Å². The van der Waals surface area contributed by atoms with Gasteiger partial charge in [-0.15, -0.1) is 0 Å². The van der Waals surface area contributed by atoms with Gasteiger partial charge in [0, 0.05) is 13.0 Å². The number of nitrogens with one attached hydrogen (secondary N) is 1. The molecule has 0 rings (SSSR count). The van der Waals surface area contributed by atoms with E-state index in [1.807, 2.05) is 13.8 Å². The van der Waals surface area contributed by atoms with Gasteiger partial charge in [-0.1, -0.05) is 13.8 Å². The van der Waals surface area contributed by atoms with Gasteiger partial charge in [0.2, 0.25) is 5.91 Å². The third-order valence-corrected chi connectivity index (χ3v) is 2.38. The van der Waals surface area contributed by atoms with Crippen molar-refractivity contribution in [1.29, 1.82) is 0 Å². The molecule has 0 radical (unpaired) electrons. The maximum atomic E-state index is 11.5. The molecule has 0 aliphatic rings. The Morgan fingerprint density at radius 1 is 1.33 bits per heavy atom. The summed E-state index contributed by atoms with van der Waals surface area (Å²) in [5.41, 5.74) is 0. The Kier molecular flexibility index (Phi) is 6.70. The second-order valence-electron chi connectivity index (χ2n) is 3.32. The van der Waals surface area contributed by atoms with Crippen LogP contribution in [0.4, 0.5) is 0 Å². The van der Waals surface area contributed by atoms with Crippen LogP contribution in [0.3, 0.4) is 0 Å². The van der Waals surface area contributed by atoms with E-state index in [2.05, 4.69) is 5.32 Å². The third kappa shape index (κ3) is 4.78. The number of hydrogen-bond donors (Lipinski definition) is 2. The predicted molar refractivity (Wildman–Crippen MR) is 55.5 cm³/mol. The van der Waals surface area contributed by atoms with Crippen molar-refractivity contribution >= 4 is 11.9 Å². The van der Waals surface area contributed by atoms with E-state index >= 15 is 0 Å². The Morgan fingerprint density at radius 2 is 1.87 bits per heavy atom. The molecular weight excluding hydrogens is 198 g/mol.